The van der Waals surface area contributed by atoms with E-state index in [1.807, 2.05) is 0 Å². The van der Waals surface area contributed by atoms with Crippen molar-refractivity contribution < 1.29 is 0 Å². The van der Waals surface area contributed by atoms with Gasteiger partial charge in [0.1, 0.15) is 0 Å². The van der Waals surface area contributed by atoms with E-state index in [1.54, 1.807) is 0 Å². The molecule has 0 saturated carbocycles. The topological polar surface area (TPSA) is 24.1 Å². The molecule has 0 aliphatic carbocycles. The Morgan fingerprint density at radius 1 is 1.00 bits per heavy atom. The van der Waals surface area contributed by atoms with Crippen LogP contribution in [0.15, 0.2) is 0 Å². The van der Waals surface area contributed by atoms with Gasteiger partial charge >= 0.3 is 0 Å². The van der Waals surface area contributed by atoms with Crippen molar-refractivity contribution in [1.82, 2.24) is 10.2 Å². The Morgan fingerprint density at radius 2 is 1.25 bits per heavy atom. The number of nitrogens with one attached hydrogen (secondary N) is 2. The molecule has 0 rings (SSSR count). The molecule has 0 bridgehead atoms. The Bertz CT molecular complexity index is 6.00. The summed E-state index contributed by atoms with van der Waals surface area (Å²) < 4.78 is 0. The quantitative estimate of drug-likeness (QED) is 0.292. The fourth-order valence-electron chi connectivity index (χ4n) is 0. The van der Waals surface area contributed by atoms with Gasteiger partial charge in [-0.1, -0.05) is 0 Å². The standard InChI is InChI=1S/H2N2Si2/c3-1-2-4/h1-2H. The number of hydrogen-bond donors (Lipinski definition) is 2. The van der Waals surface area contributed by atoms with Gasteiger partial charge in [0.15, 0.2) is 20.8 Å². The van der Waals surface area contributed by atoms with E-state index < -0.39 is 0 Å². The average molecular weight is 86.2 g/mol. The maximum absolute atomic E-state index is 2.88. The highest BCUT2D eigenvalue weighted by molar-refractivity contribution is 6.10. The summed E-state index contributed by atoms with van der Waals surface area (Å²) in [5.74, 6) is 0. The first-order valence-electron chi connectivity index (χ1n) is 0.750. The second-order valence-electron chi connectivity index (χ2n) is 0.250. The van der Waals surface area contributed by atoms with Gasteiger partial charge in [0, 0.05) is 0 Å². The minimum Gasteiger partial charge on any atom is -0.290 e. The maximum atomic E-state index is 2.88. The minimum atomic E-state index is 2.40. The molecule has 2 nitrogen and oxygen atoms in total. The van der Waals surface area contributed by atoms with Crippen molar-refractivity contribution in [3.63, 3.8) is 0 Å². The van der Waals surface area contributed by atoms with Gasteiger partial charge < -0.3 is 0 Å². The van der Waals surface area contributed by atoms with E-state index in [2.05, 4.69) is 31.0 Å². The van der Waals surface area contributed by atoms with Gasteiger partial charge in [-0.3, -0.25) is 10.2 Å². The fourth-order valence-corrected chi connectivity index (χ4v) is 0. The summed E-state index contributed by atoms with van der Waals surface area (Å²) >= 11 is 0. The predicted molar refractivity (Wildman–Crippen MR) is 17.8 cm³/mol. The summed E-state index contributed by atoms with van der Waals surface area (Å²) in [5.41, 5.74) is 0. The lowest BCUT2D eigenvalue weighted by atomic mass is 12.9. The number of rotatable bonds is 1. The molecule has 0 aromatic heterocycles. The zero-order valence-corrected chi connectivity index (χ0v) is 4.00. The SMILES string of the molecule is [Si]NN[Si]. The zero-order chi connectivity index (χ0) is 3.41. The molecule has 20 valence electrons. The highest BCUT2D eigenvalue weighted by atomic mass is 28.2. The third-order valence-corrected chi connectivity index (χ3v) is 0.562. The Morgan fingerprint density at radius 3 is 1.25 bits per heavy atom. The van der Waals surface area contributed by atoms with Crippen LogP contribution in [0.1, 0.15) is 0 Å². The summed E-state index contributed by atoms with van der Waals surface area (Å²) in [6.45, 7) is 0. The molecular formula is H2N2Si2. The number of hydrogen-bond acceptors (Lipinski definition) is 2. The van der Waals surface area contributed by atoms with E-state index in [4.69, 9.17) is 0 Å². The third kappa shape index (κ3) is 2.35. The zero-order valence-electron chi connectivity index (χ0n) is 2.00. The van der Waals surface area contributed by atoms with Gasteiger partial charge in [0.2, 0.25) is 0 Å². The first kappa shape index (κ1) is 4.35. The molecule has 4 heteroatoms. The van der Waals surface area contributed by atoms with Crippen molar-refractivity contribution in [1.29, 1.82) is 0 Å². The van der Waals surface area contributed by atoms with Gasteiger partial charge in [-0.05, 0) is 0 Å². The van der Waals surface area contributed by atoms with Crippen LogP contribution in [0.5, 0.6) is 0 Å². The first-order chi connectivity index (χ1) is 1.91. The predicted octanol–water partition coefficient (Wildman–Crippen LogP) is -1.75. The van der Waals surface area contributed by atoms with Crippen LogP contribution in [0.25, 0.3) is 0 Å². The Kier molecular flexibility index (Phi) is 3.65. The second kappa shape index (κ2) is 3.35. The van der Waals surface area contributed by atoms with Crippen LogP contribution in [-0.2, 0) is 0 Å². The van der Waals surface area contributed by atoms with E-state index >= 15 is 0 Å². The molecule has 0 fully saturated rings. The summed E-state index contributed by atoms with van der Waals surface area (Å²) in [7, 11) is 5.76. The third-order valence-electron chi connectivity index (χ3n) is 0.0625. The summed E-state index contributed by atoms with van der Waals surface area (Å²) in [6.07, 6.45) is 0. The van der Waals surface area contributed by atoms with Crippen molar-refractivity contribution in [2.45, 2.75) is 0 Å². The number of hydrazine groups is 1. The van der Waals surface area contributed by atoms with E-state index in [-0.39, 0.29) is 0 Å². The van der Waals surface area contributed by atoms with Gasteiger partial charge in [-0.15, -0.1) is 0 Å². The van der Waals surface area contributed by atoms with Crippen LogP contribution < -0.4 is 10.2 Å². The Labute approximate surface area is 31.9 Å². The monoisotopic (exact) mass is 86.0 g/mol. The molecule has 0 aliphatic heterocycles. The average Bonchev–Trinajstić information content (AvgIpc) is 1.37. The lowest BCUT2D eigenvalue weighted by molar-refractivity contribution is 0.965. The van der Waals surface area contributed by atoms with E-state index in [9.17, 15) is 0 Å². The van der Waals surface area contributed by atoms with Crippen molar-refractivity contribution in [2.75, 3.05) is 0 Å². The highest BCUT2D eigenvalue weighted by Crippen LogP contribution is 1.01. The Hall–Kier alpha value is 0.354. The van der Waals surface area contributed by atoms with E-state index in [1.165, 1.54) is 0 Å². The first-order valence-corrected chi connectivity index (χ1v) is 1.75. The molecular weight excluding hydrogens is 84.2 g/mol. The van der Waals surface area contributed by atoms with Crippen LogP contribution in [-0.4, -0.2) is 20.8 Å². The fraction of sp³-hybridized carbons (Fsp3) is 0. The van der Waals surface area contributed by atoms with Crippen molar-refractivity contribution in [3.05, 3.63) is 0 Å². The molecule has 0 aromatic rings. The minimum absolute atomic E-state index is 2.40. The van der Waals surface area contributed by atoms with Crippen LogP contribution >= 0.6 is 0 Å². The molecule has 0 aliphatic rings. The van der Waals surface area contributed by atoms with Crippen LogP contribution in [0.4, 0.5) is 0 Å². The van der Waals surface area contributed by atoms with E-state index in [0.29, 0.717) is 0 Å². The highest BCUT2D eigenvalue weighted by Gasteiger charge is 1.47. The van der Waals surface area contributed by atoms with Gasteiger partial charge in [-0.25, -0.2) is 0 Å². The summed E-state index contributed by atoms with van der Waals surface area (Å²) in [4.78, 5) is 0. The lowest BCUT2D eigenvalue weighted by Gasteiger charge is -1.80. The van der Waals surface area contributed by atoms with Crippen molar-refractivity contribution in [2.24, 2.45) is 0 Å². The van der Waals surface area contributed by atoms with Gasteiger partial charge in [0.05, 0.1) is 0 Å². The van der Waals surface area contributed by atoms with Crippen LogP contribution in [0, 0.1) is 0 Å². The molecule has 0 atom stereocenters. The molecule has 0 spiro atoms. The maximum Gasteiger partial charge on any atom is 0.160 e. The van der Waals surface area contributed by atoms with Crippen LogP contribution in [0.3, 0.4) is 0 Å². The normalized spacial score (nSPS) is 7.50. The molecule has 0 aromatic carbocycles. The Balaban J connectivity index is 1.97. The molecule has 0 saturated heterocycles. The summed E-state index contributed by atoms with van der Waals surface area (Å²) in [5, 5.41) is 4.80. The lowest BCUT2D eigenvalue weighted by Crippen LogP contribution is -2.25. The largest absolute Gasteiger partial charge is 0.290 e. The smallest absolute Gasteiger partial charge is 0.160 e. The molecule has 0 amide bonds. The molecule has 6 radical (unpaired) electrons. The van der Waals surface area contributed by atoms with Crippen molar-refractivity contribution >= 4 is 20.8 Å². The molecule has 0 unspecified atom stereocenters. The van der Waals surface area contributed by atoms with E-state index in [0.717, 1.165) is 0 Å². The summed E-state index contributed by atoms with van der Waals surface area (Å²) in [6, 6.07) is 0. The second-order valence-corrected chi connectivity index (χ2v) is 0.750. The van der Waals surface area contributed by atoms with Gasteiger partial charge in [0.25, 0.3) is 0 Å². The van der Waals surface area contributed by atoms with Crippen molar-refractivity contribution in [3.8, 4) is 0 Å². The van der Waals surface area contributed by atoms with Gasteiger partial charge in [-0.2, -0.15) is 0 Å². The molecule has 2 N–H and O–H groups in total. The van der Waals surface area contributed by atoms with Crippen LogP contribution in [0.2, 0.25) is 0 Å². The molecule has 0 heterocycles. The molecule has 4 heavy (non-hydrogen) atoms.